The number of likely N-dealkylation sites (tertiary alicyclic amines) is 1. The predicted octanol–water partition coefficient (Wildman–Crippen LogP) is 2.17. The summed E-state index contributed by atoms with van der Waals surface area (Å²) in [7, 11) is 0. The van der Waals surface area contributed by atoms with Crippen LogP contribution in [0.2, 0.25) is 0 Å². The third-order valence-electron chi connectivity index (χ3n) is 5.36. The van der Waals surface area contributed by atoms with Crippen molar-refractivity contribution in [1.29, 1.82) is 0 Å². The van der Waals surface area contributed by atoms with E-state index in [9.17, 15) is 4.79 Å². The van der Waals surface area contributed by atoms with Gasteiger partial charge in [0.15, 0.2) is 0 Å². The fourth-order valence-electron chi connectivity index (χ4n) is 4.26. The Labute approximate surface area is 110 Å². The number of hydrogen-bond donors (Lipinski definition) is 1. The minimum atomic E-state index is -0.0252. The molecule has 3 heteroatoms. The molecule has 2 atom stereocenters. The topological polar surface area (TPSA) is 32.3 Å². The Kier molecular flexibility index (Phi) is 3.60. The number of amides is 1. The van der Waals surface area contributed by atoms with Gasteiger partial charge < -0.3 is 10.2 Å². The second-order valence-electron chi connectivity index (χ2n) is 6.44. The van der Waals surface area contributed by atoms with Gasteiger partial charge in [-0.1, -0.05) is 25.7 Å². The highest BCUT2D eigenvalue weighted by Crippen LogP contribution is 2.45. The first-order chi connectivity index (χ1) is 8.83. The van der Waals surface area contributed by atoms with Gasteiger partial charge in [0.25, 0.3) is 0 Å². The van der Waals surface area contributed by atoms with Gasteiger partial charge in [-0.3, -0.25) is 4.79 Å². The molecule has 1 amide bonds. The molecule has 1 aliphatic carbocycles. The van der Waals surface area contributed by atoms with E-state index in [0.29, 0.717) is 11.8 Å². The Morgan fingerprint density at radius 3 is 2.61 bits per heavy atom. The zero-order valence-corrected chi connectivity index (χ0v) is 11.4. The van der Waals surface area contributed by atoms with Crippen LogP contribution in [0.1, 0.15) is 51.4 Å². The van der Waals surface area contributed by atoms with Crippen LogP contribution in [-0.4, -0.2) is 37.0 Å². The van der Waals surface area contributed by atoms with E-state index in [0.717, 1.165) is 32.6 Å². The van der Waals surface area contributed by atoms with E-state index in [1.165, 1.54) is 44.9 Å². The van der Waals surface area contributed by atoms with Crippen LogP contribution in [0.25, 0.3) is 0 Å². The van der Waals surface area contributed by atoms with Crippen LogP contribution in [-0.2, 0) is 4.79 Å². The summed E-state index contributed by atoms with van der Waals surface area (Å²) in [4.78, 5) is 15.2. The lowest BCUT2D eigenvalue weighted by molar-refractivity contribution is -0.145. The van der Waals surface area contributed by atoms with Crippen LogP contribution >= 0.6 is 0 Å². The van der Waals surface area contributed by atoms with E-state index in [1.54, 1.807) is 0 Å². The molecule has 0 bridgehead atoms. The van der Waals surface area contributed by atoms with Crippen LogP contribution in [0.4, 0.5) is 0 Å². The second-order valence-corrected chi connectivity index (χ2v) is 6.44. The molecule has 2 saturated heterocycles. The van der Waals surface area contributed by atoms with E-state index in [4.69, 9.17) is 0 Å². The summed E-state index contributed by atoms with van der Waals surface area (Å²) in [6, 6.07) is 0. The van der Waals surface area contributed by atoms with Crippen LogP contribution in [0.5, 0.6) is 0 Å². The van der Waals surface area contributed by atoms with Crippen molar-refractivity contribution in [3.8, 4) is 0 Å². The summed E-state index contributed by atoms with van der Waals surface area (Å²) in [5.74, 6) is 1.10. The van der Waals surface area contributed by atoms with Crippen LogP contribution in [0.15, 0.2) is 0 Å². The number of carbonyl (C=O) groups excluding carboxylic acids is 1. The molecule has 0 aromatic heterocycles. The Morgan fingerprint density at radius 1 is 1.06 bits per heavy atom. The molecule has 3 aliphatic rings. The molecule has 3 nitrogen and oxygen atoms in total. The molecule has 0 aromatic rings. The lowest BCUT2D eigenvalue weighted by Gasteiger charge is -2.40. The van der Waals surface area contributed by atoms with Crippen molar-refractivity contribution >= 4 is 5.91 Å². The summed E-state index contributed by atoms with van der Waals surface area (Å²) in [6.45, 7) is 4.02. The second kappa shape index (κ2) is 5.20. The van der Waals surface area contributed by atoms with Crippen LogP contribution in [0.3, 0.4) is 0 Å². The lowest BCUT2D eigenvalue weighted by Crippen LogP contribution is -2.50. The number of hydrogen-bond acceptors (Lipinski definition) is 2. The van der Waals surface area contributed by atoms with Crippen molar-refractivity contribution in [2.75, 3.05) is 26.2 Å². The molecule has 0 aromatic carbocycles. The first-order valence-electron chi connectivity index (χ1n) is 7.83. The molecule has 1 N–H and O–H groups in total. The first-order valence-corrected chi connectivity index (χ1v) is 7.83. The maximum Gasteiger partial charge on any atom is 0.230 e. The summed E-state index contributed by atoms with van der Waals surface area (Å²) in [5.41, 5.74) is -0.0252. The number of nitrogens with zero attached hydrogens (tertiary/aromatic N) is 1. The molecule has 18 heavy (non-hydrogen) atoms. The molecule has 1 saturated carbocycles. The van der Waals surface area contributed by atoms with Gasteiger partial charge in [-0.2, -0.15) is 0 Å². The fourth-order valence-corrected chi connectivity index (χ4v) is 4.26. The highest BCUT2D eigenvalue weighted by atomic mass is 16.2. The molecular weight excluding hydrogens is 224 g/mol. The maximum atomic E-state index is 13.0. The minimum absolute atomic E-state index is 0.0252. The fraction of sp³-hybridized carbons (Fsp3) is 0.933. The quantitative estimate of drug-likeness (QED) is 0.773. The van der Waals surface area contributed by atoms with Gasteiger partial charge in [-0.25, -0.2) is 0 Å². The highest BCUT2D eigenvalue weighted by Gasteiger charge is 2.51. The molecule has 2 aliphatic heterocycles. The van der Waals surface area contributed by atoms with Crippen molar-refractivity contribution < 1.29 is 4.79 Å². The Balaban J connectivity index is 1.76. The van der Waals surface area contributed by atoms with Crippen molar-refractivity contribution in [2.45, 2.75) is 51.4 Å². The van der Waals surface area contributed by atoms with Crippen molar-refractivity contribution in [3.63, 3.8) is 0 Å². The van der Waals surface area contributed by atoms with Gasteiger partial charge >= 0.3 is 0 Å². The van der Waals surface area contributed by atoms with E-state index in [-0.39, 0.29) is 5.41 Å². The van der Waals surface area contributed by atoms with Crippen molar-refractivity contribution in [3.05, 3.63) is 0 Å². The normalized spacial score (nSPS) is 37.1. The molecule has 0 unspecified atom stereocenters. The summed E-state index contributed by atoms with van der Waals surface area (Å²) >= 11 is 0. The zero-order chi connectivity index (χ0) is 12.4. The van der Waals surface area contributed by atoms with E-state index >= 15 is 0 Å². The molecule has 2 heterocycles. The number of carbonyl (C=O) groups is 1. The Hall–Kier alpha value is -0.570. The third-order valence-corrected chi connectivity index (χ3v) is 5.36. The minimum Gasteiger partial charge on any atom is -0.342 e. The molecular formula is C15H26N2O. The zero-order valence-electron chi connectivity index (χ0n) is 11.4. The number of nitrogens with one attached hydrogen (secondary N) is 1. The van der Waals surface area contributed by atoms with Gasteiger partial charge in [0.1, 0.15) is 0 Å². The average Bonchev–Trinajstić information content (AvgIpc) is 2.66. The number of fused-ring (bicyclic) bond motifs is 1. The van der Waals surface area contributed by atoms with Gasteiger partial charge in [-0.15, -0.1) is 0 Å². The molecule has 0 spiro atoms. The largest absolute Gasteiger partial charge is 0.342 e. The van der Waals surface area contributed by atoms with Gasteiger partial charge in [-0.05, 0) is 38.1 Å². The van der Waals surface area contributed by atoms with Gasteiger partial charge in [0.05, 0.1) is 5.41 Å². The maximum absolute atomic E-state index is 13.0. The van der Waals surface area contributed by atoms with Crippen LogP contribution in [0, 0.1) is 11.3 Å². The van der Waals surface area contributed by atoms with Crippen LogP contribution < -0.4 is 5.32 Å². The summed E-state index contributed by atoms with van der Waals surface area (Å²) in [5, 5.41) is 3.49. The Bertz CT molecular complexity index is 310. The summed E-state index contributed by atoms with van der Waals surface area (Å²) in [6.07, 6.45) is 9.97. The highest BCUT2D eigenvalue weighted by molar-refractivity contribution is 5.84. The molecule has 3 fully saturated rings. The number of rotatable bonds is 1. The van der Waals surface area contributed by atoms with Gasteiger partial charge in [0.2, 0.25) is 5.91 Å². The standard InChI is InChI=1S/C15H26N2O/c18-14(17-9-5-1-2-6-10-17)15-8-4-3-7-13(15)11-16-12-15/h13,16H,1-12H2/t13-,15+/m0/s1. The van der Waals surface area contributed by atoms with Crippen molar-refractivity contribution in [2.24, 2.45) is 11.3 Å². The first kappa shape index (κ1) is 12.5. The molecule has 0 radical (unpaired) electrons. The SMILES string of the molecule is O=C(N1CCCCCC1)[C@@]12CCCC[C@H]1CNC2. The third kappa shape index (κ3) is 2.07. The van der Waals surface area contributed by atoms with E-state index < -0.39 is 0 Å². The van der Waals surface area contributed by atoms with Crippen molar-refractivity contribution in [1.82, 2.24) is 10.2 Å². The summed E-state index contributed by atoms with van der Waals surface area (Å²) < 4.78 is 0. The molecule has 102 valence electrons. The van der Waals surface area contributed by atoms with E-state index in [2.05, 4.69) is 10.2 Å². The molecule has 3 rings (SSSR count). The smallest absolute Gasteiger partial charge is 0.230 e. The van der Waals surface area contributed by atoms with E-state index in [1.807, 2.05) is 0 Å². The lowest BCUT2D eigenvalue weighted by atomic mass is 9.67. The monoisotopic (exact) mass is 250 g/mol. The predicted molar refractivity (Wildman–Crippen MR) is 72.3 cm³/mol. The van der Waals surface area contributed by atoms with Gasteiger partial charge in [0, 0.05) is 19.6 Å². The average molecular weight is 250 g/mol. The Morgan fingerprint density at radius 2 is 1.83 bits per heavy atom.